The van der Waals surface area contributed by atoms with Crippen LogP contribution in [0.5, 0.6) is 11.5 Å². The Hall–Kier alpha value is -2.91. The van der Waals surface area contributed by atoms with Gasteiger partial charge in [0.2, 0.25) is 10.0 Å². The molecule has 0 saturated carbocycles. The molecule has 1 amide bonds. The normalized spacial score (nSPS) is 12.9. The Morgan fingerprint density at radius 3 is 2.38 bits per heavy atom. The van der Waals surface area contributed by atoms with Crippen molar-refractivity contribution in [3.05, 3.63) is 53.6 Å². The van der Waals surface area contributed by atoms with Crippen molar-refractivity contribution >= 4 is 22.1 Å². The predicted molar refractivity (Wildman–Crippen MR) is 111 cm³/mol. The molecular formula is C20H25N3O5S. The predicted octanol–water partition coefficient (Wildman–Crippen LogP) is 2.16. The molecule has 3 N–H and O–H groups in total. The van der Waals surface area contributed by atoms with Gasteiger partial charge in [-0.05, 0) is 48.7 Å². The summed E-state index contributed by atoms with van der Waals surface area (Å²) in [5, 5.41) is 13.6. The van der Waals surface area contributed by atoms with Gasteiger partial charge in [0, 0.05) is 0 Å². The Kier molecular flexibility index (Phi) is 7.35. The van der Waals surface area contributed by atoms with Crippen molar-refractivity contribution in [1.82, 2.24) is 10.1 Å². The number of phenols is 1. The van der Waals surface area contributed by atoms with Crippen LogP contribution in [-0.4, -0.2) is 38.8 Å². The molecule has 2 rings (SSSR count). The minimum absolute atomic E-state index is 0.0614. The molecule has 2 aromatic rings. The second kappa shape index (κ2) is 9.53. The Morgan fingerprint density at radius 1 is 1.17 bits per heavy atom. The number of hydrogen-bond donors (Lipinski definition) is 3. The zero-order chi connectivity index (χ0) is 21.6. The highest BCUT2D eigenvalue weighted by Crippen LogP contribution is 2.25. The fourth-order valence-electron chi connectivity index (χ4n) is 2.47. The van der Waals surface area contributed by atoms with Gasteiger partial charge in [-0.2, -0.15) is 9.82 Å². The van der Waals surface area contributed by atoms with E-state index in [1.807, 2.05) is 6.92 Å². The van der Waals surface area contributed by atoms with Crippen LogP contribution < -0.4 is 14.9 Å². The summed E-state index contributed by atoms with van der Waals surface area (Å²) in [6.07, 6.45) is 1.34. The lowest BCUT2D eigenvalue weighted by molar-refractivity contribution is -0.123. The summed E-state index contributed by atoms with van der Waals surface area (Å²) in [5.41, 5.74) is 3.80. The quantitative estimate of drug-likeness (QED) is 0.448. The largest absolute Gasteiger partial charge is 0.504 e. The summed E-state index contributed by atoms with van der Waals surface area (Å²) in [4.78, 5) is 12.6. The number of aryl methyl sites for hydroxylation is 1. The molecule has 0 saturated heterocycles. The Morgan fingerprint density at radius 2 is 1.83 bits per heavy atom. The summed E-state index contributed by atoms with van der Waals surface area (Å²) in [7, 11) is -2.43. The van der Waals surface area contributed by atoms with E-state index in [2.05, 4.69) is 15.2 Å². The van der Waals surface area contributed by atoms with Crippen LogP contribution in [0, 0.1) is 12.8 Å². The topological polar surface area (TPSA) is 117 Å². The number of amides is 1. The molecule has 0 radical (unpaired) electrons. The van der Waals surface area contributed by atoms with E-state index in [9.17, 15) is 18.3 Å². The Bertz CT molecular complexity index is 986. The maximum absolute atomic E-state index is 12.6. The van der Waals surface area contributed by atoms with E-state index in [0.29, 0.717) is 11.3 Å². The van der Waals surface area contributed by atoms with E-state index >= 15 is 0 Å². The minimum atomic E-state index is -3.87. The number of aromatic hydroxyl groups is 1. The van der Waals surface area contributed by atoms with Crippen molar-refractivity contribution in [2.45, 2.75) is 31.7 Å². The maximum atomic E-state index is 12.6. The van der Waals surface area contributed by atoms with Crippen molar-refractivity contribution in [2.24, 2.45) is 11.0 Å². The average Bonchev–Trinajstić information content (AvgIpc) is 2.66. The second-order valence-corrected chi connectivity index (χ2v) is 8.54. The van der Waals surface area contributed by atoms with E-state index < -0.39 is 22.0 Å². The van der Waals surface area contributed by atoms with Crippen LogP contribution in [0.2, 0.25) is 0 Å². The average molecular weight is 420 g/mol. The van der Waals surface area contributed by atoms with Gasteiger partial charge in [0.25, 0.3) is 5.91 Å². The molecule has 0 heterocycles. The van der Waals surface area contributed by atoms with Gasteiger partial charge in [0.15, 0.2) is 11.5 Å². The van der Waals surface area contributed by atoms with Gasteiger partial charge in [-0.25, -0.2) is 13.8 Å². The SMILES string of the molecule is COc1ccc(/C=N\NC(=O)[C@@H](NS(=O)(=O)c2ccc(C)cc2)C(C)C)cc1O. The number of hydrazone groups is 1. The number of benzene rings is 2. The van der Waals surface area contributed by atoms with Gasteiger partial charge in [-0.3, -0.25) is 4.79 Å². The molecule has 0 aromatic heterocycles. The summed E-state index contributed by atoms with van der Waals surface area (Å²) in [6, 6.07) is 9.97. The summed E-state index contributed by atoms with van der Waals surface area (Å²) >= 11 is 0. The van der Waals surface area contributed by atoms with Crippen LogP contribution in [-0.2, 0) is 14.8 Å². The van der Waals surface area contributed by atoms with Gasteiger partial charge >= 0.3 is 0 Å². The molecule has 0 fully saturated rings. The first kappa shape index (κ1) is 22.4. The fourth-order valence-corrected chi connectivity index (χ4v) is 3.82. The molecule has 8 nitrogen and oxygen atoms in total. The van der Waals surface area contributed by atoms with Crippen LogP contribution in [0.25, 0.3) is 0 Å². The number of nitrogens with one attached hydrogen (secondary N) is 2. The molecule has 156 valence electrons. The Balaban J connectivity index is 2.09. The number of carbonyl (C=O) groups is 1. The van der Waals surface area contributed by atoms with E-state index in [-0.39, 0.29) is 16.6 Å². The third-order valence-corrected chi connectivity index (χ3v) is 5.61. The zero-order valence-corrected chi connectivity index (χ0v) is 17.5. The second-order valence-electron chi connectivity index (χ2n) is 6.82. The van der Waals surface area contributed by atoms with E-state index in [1.54, 1.807) is 38.1 Å². The first-order chi connectivity index (χ1) is 13.6. The van der Waals surface area contributed by atoms with Crippen LogP contribution in [0.15, 0.2) is 52.5 Å². The highest BCUT2D eigenvalue weighted by Gasteiger charge is 2.28. The Labute approximate surface area is 170 Å². The van der Waals surface area contributed by atoms with E-state index in [4.69, 9.17) is 4.74 Å². The van der Waals surface area contributed by atoms with Crippen LogP contribution in [0.3, 0.4) is 0 Å². The molecule has 9 heteroatoms. The van der Waals surface area contributed by atoms with Gasteiger partial charge in [0.1, 0.15) is 6.04 Å². The number of ether oxygens (including phenoxy) is 1. The number of rotatable bonds is 8. The molecule has 0 aliphatic carbocycles. The standard InChI is InChI=1S/C20H25N3O5S/c1-13(2)19(23-29(26,27)16-8-5-14(3)6-9-16)20(25)22-21-12-15-7-10-18(28-4)17(24)11-15/h5-13,19,23-24H,1-4H3,(H,22,25)/b21-12-/t19-/m0/s1. The van der Waals surface area contributed by atoms with Gasteiger partial charge in [0.05, 0.1) is 18.2 Å². The maximum Gasteiger partial charge on any atom is 0.258 e. The van der Waals surface area contributed by atoms with Gasteiger partial charge in [-0.15, -0.1) is 0 Å². The number of phenolic OH excluding ortho intramolecular Hbond substituents is 1. The lowest BCUT2D eigenvalue weighted by Gasteiger charge is -2.20. The molecule has 0 aliphatic heterocycles. The van der Waals surface area contributed by atoms with Crippen LogP contribution >= 0.6 is 0 Å². The lowest BCUT2D eigenvalue weighted by atomic mass is 10.1. The van der Waals surface area contributed by atoms with Crippen molar-refractivity contribution in [2.75, 3.05) is 7.11 Å². The van der Waals surface area contributed by atoms with E-state index in [0.717, 1.165) is 5.56 Å². The van der Waals surface area contributed by atoms with Crippen molar-refractivity contribution < 1.29 is 23.1 Å². The summed E-state index contributed by atoms with van der Waals surface area (Å²) in [5.74, 6) is -0.648. The first-order valence-electron chi connectivity index (χ1n) is 8.93. The van der Waals surface area contributed by atoms with E-state index in [1.165, 1.54) is 31.5 Å². The lowest BCUT2D eigenvalue weighted by Crippen LogP contribution is -2.48. The van der Waals surface area contributed by atoms with Crippen LogP contribution in [0.4, 0.5) is 0 Å². The highest BCUT2D eigenvalue weighted by molar-refractivity contribution is 7.89. The summed E-state index contributed by atoms with van der Waals surface area (Å²) in [6.45, 7) is 5.31. The number of hydrogen-bond acceptors (Lipinski definition) is 6. The summed E-state index contributed by atoms with van der Waals surface area (Å²) < 4.78 is 32.6. The first-order valence-corrected chi connectivity index (χ1v) is 10.4. The third-order valence-electron chi connectivity index (χ3n) is 4.15. The fraction of sp³-hybridized carbons (Fsp3) is 0.300. The molecule has 0 unspecified atom stereocenters. The van der Waals surface area contributed by atoms with Crippen molar-refractivity contribution in [1.29, 1.82) is 0 Å². The number of methoxy groups -OCH3 is 1. The molecule has 1 atom stereocenters. The van der Waals surface area contributed by atoms with Crippen molar-refractivity contribution in [3.63, 3.8) is 0 Å². The molecule has 0 bridgehead atoms. The van der Waals surface area contributed by atoms with Gasteiger partial charge in [-0.1, -0.05) is 31.5 Å². The van der Waals surface area contributed by atoms with Crippen LogP contribution in [0.1, 0.15) is 25.0 Å². The molecule has 2 aromatic carbocycles. The minimum Gasteiger partial charge on any atom is -0.504 e. The monoisotopic (exact) mass is 419 g/mol. The molecule has 0 spiro atoms. The number of carbonyl (C=O) groups excluding carboxylic acids is 1. The molecule has 29 heavy (non-hydrogen) atoms. The van der Waals surface area contributed by atoms with Gasteiger partial charge < -0.3 is 9.84 Å². The number of sulfonamides is 1. The smallest absolute Gasteiger partial charge is 0.258 e. The zero-order valence-electron chi connectivity index (χ0n) is 16.7. The van der Waals surface area contributed by atoms with Crippen molar-refractivity contribution in [3.8, 4) is 11.5 Å². The third kappa shape index (κ3) is 6.03. The number of nitrogens with zero attached hydrogens (tertiary/aromatic N) is 1. The molecular weight excluding hydrogens is 394 g/mol. The highest BCUT2D eigenvalue weighted by atomic mass is 32.2. The molecule has 0 aliphatic rings.